The quantitative estimate of drug-likeness (QED) is 0.643. The van der Waals surface area contributed by atoms with E-state index in [0.29, 0.717) is 0 Å². The van der Waals surface area contributed by atoms with Crippen LogP contribution in [0.3, 0.4) is 0 Å². The van der Waals surface area contributed by atoms with Crippen LogP contribution in [-0.2, 0) is 0 Å². The van der Waals surface area contributed by atoms with E-state index in [1.807, 2.05) is 0 Å². The van der Waals surface area contributed by atoms with E-state index in [1.54, 1.807) is 0 Å². The van der Waals surface area contributed by atoms with Gasteiger partial charge < -0.3 is 4.90 Å². The average Bonchev–Trinajstić information content (AvgIpc) is 2.42. The van der Waals surface area contributed by atoms with Crippen LogP contribution in [0.25, 0.3) is 0 Å². The predicted octanol–water partition coefficient (Wildman–Crippen LogP) is 4.61. The SMILES string of the molecule is CCC1CCCCC2CCCCN2CCCC1. The predicted molar refractivity (Wildman–Crippen MR) is 75.3 cm³/mol. The summed E-state index contributed by atoms with van der Waals surface area (Å²) in [4.78, 5) is 2.82. The first-order chi connectivity index (χ1) is 8.40. The molecule has 2 heterocycles. The van der Waals surface area contributed by atoms with Crippen LogP contribution in [0.4, 0.5) is 0 Å². The Morgan fingerprint density at radius 1 is 0.765 bits per heavy atom. The second-order valence-electron chi connectivity index (χ2n) is 6.24. The van der Waals surface area contributed by atoms with Gasteiger partial charge in [-0.2, -0.15) is 0 Å². The molecule has 0 aromatic rings. The van der Waals surface area contributed by atoms with E-state index >= 15 is 0 Å². The van der Waals surface area contributed by atoms with Crippen molar-refractivity contribution in [1.82, 2.24) is 4.90 Å². The number of nitrogens with zero attached hydrogens (tertiary/aromatic N) is 1. The molecule has 2 aliphatic rings. The molecular weight excluding hydrogens is 206 g/mol. The van der Waals surface area contributed by atoms with Crippen molar-refractivity contribution in [3.05, 3.63) is 0 Å². The monoisotopic (exact) mass is 237 g/mol. The number of rotatable bonds is 1. The molecule has 100 valence electrons. The summed E-state index contributed by atoms with van der Waals surface area (Å²) in [6.07, 6.45) is 16.2. The maximum absolute atomic E-state index is 2.82. The molecule has 2 aliphatic heterocycles. The largest absolute Gasteiger partial charge is 0.300 e. The van der Waals surface area contributed by atoms with E-state index < -0.39 is 0 Å². The van der Waals surface area contributed by atoms with E-state index in [9.17, 15) is 0 Å². The second kappa shape index (κ2) is 7.41. The van der Waals surface area contributed by atoms with Gasteiger partial charge in [0.2, 0.25) is 0 Å². The van der Waals surface area contributed by atoms with Crippen molar-refractivity contribution in [3.8, 4) is 0 Å². The van der Waals surface area contributed by atoms with Crippen molar-refractivity contribution in [2.24, 2.45) is 5.92 Å². The van der Waals surface area contributed by atoms with Gasteiger partial charge in [0.25, 0.3) is 0 Å². The maximum Gasteiger partial charge on any atom is 0.00952 e. The molecule has 2 unspecified atom stereocenters. The van der Waals surface area contributed by atoms with E-state index in [0.717, 1.165) is 12.0 Å². The lowest BCUT2D eigenvalue weighted by atomic mass is 9.92. The summed E-state index contributed by atoms with van der Waals surface area (Å²) >= 11 is 0. The highest BCUT2D eigenvalue weighted by Crippen LogP contribution is 2.26. The van der Waals surface area contributed by atoms with Crippen molar-refractivity contribution in [2.75, 3.05) is 13.1 Å². The van der Waals surface area contributed by atoms with Crippen LogP contribution in [0.5, 0.6) is 0 Å². The van der Waals surface area contributed by atoms with Crippen molar-refractivity contribution in [2.45, 2.75) is 83.6 Å². The third-order valence-electron chi connectivity index (χ3n) is 5.03. The minimum atomic E-state index is 0.946. The minimum absolute atomic E-state index is 0.946. The summed E-state index contributed by atoms with van der Waals surface area (Å²) in [5.41, 5.74) is 0. The highest BCUT2D eigenvalue weighted by Gasteiger charge is 2.22. The Hall–Kier alpha value is -0.0400. The topological polar surface area (TPSA) is 3.24 Å². The van der Waals surface area contributed by atoms with Crippen LogP contribution in [0.2, 0.25) is 0 Å². The fourth-order valence-corrected chi connectivity index (χ4v) is 3.79. The van der Waals surface area contributed by atoms with Crippen molar-refractivity contribution in [3.63, 3.8) is 0 Å². The fourth-order valence-electron chi connectivity index (χ4n) is 3.79. The van der Waals surface area contributed by atoms with Crippen molar-refractivity contribution in [1.29, 1.82) is 0 Å². The van der Waals surface area contributed by atoms with Gasteiger partial charge in [-0.25, -0.2) is 0 Å². The zero-order valence-corrected chi connectivity index (χ0v) is 11.8. The van der Waals surface area contributed by atoms with Crippen LogP contribution in [-0.4, -0.2) is 24.0 Å². The number of fused-ring (bicyclic) bond motifs is 1. The van der Waals surface area contributed by atoms with Gasteiger partial charge in [-0.15, -0.1) is 0 Å². The average molecular weight is 237 g/mol. The Bertz CT molecular complexity index is 182. The molecule has 0 saturated carbocycles. The van der Waals surface area contributed by atoms with Gasteiger partial charge in [0.05, 0.1) is 0 Å². The molecule has 0 N–H and O–H groups in total. The molecular formula is C16H31N. The molecule has 0 aliphatic carbocycles. The van der Waals surface area contributed by atoms with Crippen molar-refractivity contribution < 1.29 is 0 Å². The first kappa shape index (κ1) is 13.4. The summed E-state index contributed by atoms with van der Waals surface area (Å²) in [5, 5.41) is 0. The second-order valence-corrected chi connectivity index (χ2v) is 6.24. The fraction of sp³-hybridized carbons (Fsp3) is 1.00. The lowest BCUT2D eigenvalue weighted by molar-refractivity contribution is 0.136. The van der Waals surface area contributed by atoms with Crippen LogP contribution in [0.1, 0.15) is 77.6 Å². The lowest BCUT2D eigenvalue weighted by Crippen LogP contribution is -2.39. The van der Waals surface area contributed by atoms with Crippen LogP contribution in [0, 0.1) is 5.92 Å². The van der Waals surface area contributed by atoms with E-state index in [1.165, 1.54) is 83.7 Å². The summed E-state index contributed by atoms with van der Waals surface area (Å²) in [7, 11) is 0. The number of hydrogen-bond acceptors (Lipinski definition) is 1. The Kier molecular flexibility index (Phi) is 5.84. The Balaban J connectivity index is 1.84. The number of piperidine rings is 1. The molecule has 1 nitrogen and oxygen atoms in total. The van der Waals surface area contributed by atoms with Gasteiger partial charge in [-0.1, -0.05) is 51.9 Å². The standard InChI is InChI=1S/C16H31N/c1-2-15-9-3-4-11-16-12-6-8-14-17(16)13-7-5-10-15/h15-16H,2-14H2,1H3. The molecule has 0 radical (unpaired) electrons. The third kappa shape index (κ3) is 4.28. The molecule has 2 rings (SSSR count). The molecule has 2 fully saturated rings. The van der Waals surface area contributed by atoms with E-state index in [4.69, 9.17) is 0 Å². The molecule has 0 bridgehead atoms. The molecule has 17 heavy (non-hydrogen) atoms. The molecule has 2 atom stereocenters. The molecule has 0 spiro atoms. The molecule has 0 amide bonds. The molecule has 0 aromatic heterocycles. The Labute approximate surface area is 108 Å². The molecule has 1 heteroatoms. The molecule has 2 saturated heterocycles. The van der Waals surface area contributed by atoms with Crippen LogP contribution in [0.15, 0.2) is 0 Å². The van der Waals surface area contributed by atoms with Gasteiger partial charge in [0.1, 0.15) is 0 Å². The zero-order valence-electron chi connectivity index (χ0n) is 11.8. The van der Waals surface area contributed by atoms with Gasteiger partial charge in [-0.05, 0) is 44.7 Å². The van der Waals surface area contributed by atoms with Gasteiger partial charge >= 0.3 is 0 Å². The Morgan fingerprint density at radius 2 is 1.29 bits per heavy atom. The smallest absolute Gasteiger partial charge is 0.00952 e. The van der Waals surface area contributed by atoms with Crippen LogP contribution < -0.4 is 0 Å². The van der Waals surface area contributed by atoms with E-state index in [-0.39, 0.29) is 0 Å². The highest BCUT2D eigenvalue weighted by atomic mass is 15.2. The highest BCUT2D eigenvalue weighted by molar-refractivity contribution is 4.77. The summed E-state index contributed by atoms with van der Waals surface area (Å²) in [6.45, 7) is 5.16. The third-order valence-corrected chi connectivity index (χ3v) is 5.03. The first-order valence-corrected chi connectivity index (χ1v) is 8.14. The summed E-state index contributed by atoms with van der Waals surface area (Å²) in [6, 6.07) is 0.946. The summed E-state index contributed by atoms with van der Waals surface area (Å²) in [5.74, 6) is 1.03. The lowest BCUT2D eigenvalue weighted by Gasteiger charge is -2.35. The van der Waals surface area contributed by atoms with Gasteiger partial charge in [0.15, 0.2) is 0 Å². The van der Waals surface area contributed by atoms with Crippen LogP contribution >= 0.6 is 0 Å². The van der Waals surface area contributed by atoms with E-state index in [2.05, 4.69) is 11.8 Å². The van der Waals surface area contributed by atoms with Gasteiger partial charge in [0, 0.05) is 6.04 Å². The summed E-state index contributed by atoms with van der Waals surface area (Å²) < 4.78 is 0. The minimum Gasteiger partial charge on any atom is -0.300 e. The first-order valence-electron chi connectivity index (χ1n) is 8.14. The van der Waals surface area contributed by atoms with Crippen molar-refractivity contribution >= 4 is 0 Å². The maximum atomic E-state index is 2.82. The Morgan fingerprint density at radius 3 is 1.94 bits per heavy atom. The zero-order chi connectivity index (χ0) is 11.9. The van der Waals surface area contributed by atoms with Gasteiger partial charge in [-0.3, -0.25) is 0 Å². The molecule has 0 aromatic carbocycles. The normalized spacial score (nSPS) is 33.7. The number of hydrogen-bond donors (Lipinski definition) is 0.